The van der Waals surface area contributed by atoms with Crippen LogP contribution in [0.2, 0.25) is 0 Å². The molecular formula is C10H13O. The minimum atomic E-state index is 0.227. The van der Waals surface area contributed by atoms with Crippen molar-refractivity contribution in [2.45, 2.75) is 26.2 Å². The molecule has 1 heteroatoms. The molecule has 1 radical (unpaired) electrons. The maximum absolute atomic E-state index is 8.93. The zero-order valence-corrected chi connectivity index (χ0v) is 6.80. The minimum Gasteiger partial charge on any atom is -0.507 e. The molecular weight excluding hydrogens is 136 g/mol. The van der Waals surface area contributed by atoms with Crippen molar-refractivity contribution >= 4 is 0 Å². The van der Waals surface area contributed by atoms with E-state index >= 15 is 0 Å². The van der Waals surface area contributed by atoms with E-state index in [-0.39, 0.29) is 5.75 Å². The number of phenols is 1. The van der Waals surface area contributed by atoms with Crippen LogP contribution in [-0.2, 0) is 6.42 Å². The summed E-state index contributed by atoms with van der Waals surface area (Å²) in [4.78, 5) is 0. The van der Waals surface area contributed by atoms with Crippen LogP contribution in [0.15, 0.2) is 18.2 Å². The number of benzene rings is 1. The third-order valence-electron chi connectivity index (χ3n) is 1.68. The SMILES string of the molecule is CCCCc1c[c]c(O)cc1. The van der Waals surface area contributed by atoms with E-state index in [2.05, 4.69) is 13.0 Å². The Morgan fingerprint density at radius 3 is 2.82 bits per heavy atom. The molecule has 0 heterocycles. The van der Waals surface area contributed by atoms with Crippen LogP contribution in [0.3, 0.4) is 0 Å². The molecule has 0 aliphatic heterocycles. The Hall–Kier alpha value is -0.980. The molecule has 0 aliphatic carbocycles. The highest BCUT2D eigenvalue weighted by molar-refractivity contribution is 5.24. The minimum absolute atomic E-state index is 0.227. The average Bonchev–Trinajstić information content (AvgIpc) is 2.04. The first-order chi connectivity index (χ1) is 5.33. The Kier molecular flexibility index (Phi) is 2.96. The van der Waals surface area contributed by atoms with Gasteiger partial charge < -0.3 is 5.11 Å². The summed E-state index contributed by atoms with van der Waals surface area (Å²) in [6, 6.07) is 8.25. The van der Waals surface area contributed by atoms with Crippen molar-refractivity contribution < 1.29 is 5.11 Å². The number of hydrogen-bond acceptors (Lipinski definition) is 1. The molecule has 0 saturated carbocycles. The fraction of sp³-hybridized carbons (Fsp3) is 0.400. The van der Waals surface area contributed by atoms with Crippen molar-refractivity contribution in [3.05, 3.63) is 29.8 Å². The molecule has 0 spiro atoms. The summed E-state index contributed by atoms with van der Waals surface area (Å²) in [6.07, 6.45) is 3.51. The smallest absolute Gasteiger partial charge is 0.123 e. The molecule has 0 aliphatic rings. The highest BCUT2D eigenvalue weighted by atomic mass is 16.3. The number of unbranched alkanes of at least 4 members (excludes halogenated alkanes) is 1. The van der Waals surface area contributed by atoms with Crippen LogP contribution in [0.25, 0.3) is 0 Å². The molecule has 0 saturated heterocycles. The molecule has 0 bridgehead atoms. The fourth-order valence-corrected chi connectivity index (χ4v) is 0.985. The van der Waals surface area contributed by atoms with E-state index in [0.717, 1.165) is 6.42 Å². The Morgan fingerprint density at radius 2 is 2.27 bits per heavy atom. The summed E-state index contributed by atoms with van der Waals surface area (Å²) in [5.41, 5.74) is 1.25. The summed E-state index contributed by atoms with van der Waals surface area (Å²) in [5.74, 6) is 0.227. The summed E-state index contributed by atoms with van der Waals surface area (Å²) in [5, 5.41) is 8.93. The lowest BCUT2D eigenvalue weighted by Crippen LogP contribution is -1.82. The van der Waals surface area contributed by atoms with E-state index in [1.54, 1.807) is 6.07 Å². The van der Waals surface area contributed by atoms with E-state index in [4.69, 9.17) is 5.11 Å². The van der Waals surface area contributed by atoms with Crippen LogP contribution in [0.1, 0.15) is 25.3 Å². The van der Waals surface area contributed by atoms with Crippen LogP contribution >= 0.6 is 0 Å². The van der Waals surface area contributed by atoms with E-state index < -0.39 is 0 Å². The predicted octanol–water partition coefficient (Wildman–Crippen LogP) is 2.53. The Morgan fingerprint density at radius 1 is 1.45 bits per heavy atom. The van der Waals surface area contributed by atoms with Crippen LogP contribution in [0, 0.1) is 6.07 Å². The van der Waals surface area contributed by atoms with Gasteiger partial charge in [-0.05, 0) is 30.5 Å². The molecule has 59 valence electrons. The molecule has 0 unspecified atom stereocenters. The standard InChI is InChI=1S/C10H13O/c1-2-3-4-9-5-7-10(11)8-6-9/h5-7,11H,2-4H2,1H3. The second-order valence-corrected chi connectivity index (χ2v) is 2.69. The second kappa shape index (κ2) is 4.02. The van der Waals surface area contributed by atoms with Crippen LogP contribution in [0.4, 0.5) is 0 Å². The molecule has 0 fully saturated rings. The van der Waals surface area contributed by atoms with Crippen molar-refractivity contribution in [1.82, 2.24) is 0 Å². The van der Waals surface area contributed by atoms with Gasteiger partial charge in [0.05, 0.1) is 0 Å². The van der Waals surface area contributed by atoms with Crippen molar-refractivity contribution in [2.24, 2.45) is 0 Å². The Balaban J connectivity index is 2.52. The number of hydrogen-bond donors (Lipinski definition) is 1. The molecule has 1 rings (SSSR count). The maximum Gasteiger partial charge on any atom is 0.123 e. The zero-order chi connectivity index (χ0) is 8.10. The first-order valence-electron chi connectivity index (χ1n) is 4.02. The zero-order valence-electron chi connectivity index (χ0n) is 6.80. The van der Waals surface area contributed by atoms with Gasteiger partial charge in [0.1, 0.15) is 5.75 Å². The lowest BCUT2D eigenvalue weighted by atomic mass is 10.1. The molecule has 1 nitrogen and oxygen atoms in total. The topological polar surface area (TPSA) is 20.2 Å². The fourth-order valence-electron chi connectivity index (χ4n) is 0.985. The quantitative estimate of drug-likeness (QED) is 0.700. The summed E-state index contributed by atoms with van der Waals surface area (Å²) >= 11 is 0. The molecule has 1 aromatic carbocycles. The van der Waals surface area contributed by atoms with Gasteiger partial charge in [-0.15, -0.1) is 0 Å². The van der Waals surface area contributed by atoms with Gasteiger partial charge in [0.25, 0.3) is 0 Å². The van der Waals surface area contributed by atoms with Gasteiger partial charge in [-0.2, -0.15) is 0 Å². The van der Waals surface area contributed by atoms with Crippen LogP contribution in [0.5, 0.6) is 5.75 Å². The summed E-state index contributed by atoms with van der Waals surface area (Å²) in [6.45, 7) is 2.17. The Labute approximate surface area is 67.7 Å². The van der Waals surface area contributed by atoms with E-state index in [0.29, 0.717) is 0 Å². The number of phenolic OH excluding ortho intramolecular Hbond substituents is 1. The maximum atomic E-state index is 8.93. The van der Waals surface area contributed by atoms with Gasteiger partial charge in [-0.25, -0.2) is 0 Å². The lowest BCUT2D eigenvalue weighted by molar-refractivity contribution is 0.474. The van der Waals surface area contributed by atoms with Crippen molar-refractivity contribution in [3.8, 4) is 5.75 Å². The lowest BCUT2D eigenvalue weighted by Gasteiger charge is -1.98. The van der Waals surface area contributed by atoms with Gasteiger partial charge in [-0.1, -0.05) is 19.4 Å². The average molecular weight is 149 g/mol. The first-order valence-corrected chi connectivity index (χ1v) is 4.02. The predicted molar refractivity (Wildman–Crippen MR) is 45.6 cm³/mol. The van der Waals surface area contributed by atoms with Crippen molar-refractivity contribution in [3.63, 3.8) is 0 Å². The molecule has 0 atom stereocenters. The van der Waals surface area contributed by atoms with E-state index in [1.807, 2.05) is 12.1 Å². The van der Waals surface area contributed by atoms with Gasteiger partial charge in [0, 0.05) is 6.07 Å². The van der Waals surface area contributed by atoms with Crippen LogP contribution in [-0.4, -0.2) is 5.11 Å². The number of aryl methyl sites for hydroxylation is 1. The van der Waals surface area contributed by atoms with Gasteiger partial charge >= 0.3 is 0 Å². The third kappa shape index (κ3) is 2.62. The highest BCUT2D eigenvalue weighted by Crippen LogP contribution is 2.10. The molecule has 0 aromatic heterocycles. The van der Waals surface area contributed by atoms with Gasteiger partial charge in [0.15, 0.2) is 0 Å². The highest BCUT2D eigenvalue weighted by Gasteiger charge is 1.91. The second-order valence-electron chi connectivity index (χ2n) is 2.69. The van der Waals surface area contributed by atoms with Crippen LogP contribution < -0.4 is 0 Å². The molecule has 1 N–H and O–H groups in total. The van der Waals surface area contributed by atoms with Gasteiger partial charge in [0.2, 0.25) is 0 Å². The summed E-state index contributed by atoms with van der Waals surface area (Å²) in [7, 11) is 0. The molecule has 1 aromatic rings. The van der Waals surface area contributed by atoms with E-state index in [9.17, 15) is 0 Å². The molecule has 11 heavy (non-hydrogen) atoms. The normalized spacial score (nSPS) is 9.91. The number of rotatable bonds is 3. The van der Waals surface area contributed by atoms with Crippen molar-refractivity contribution in [2.75, 3.05) is 0 Å². The Bertz CT molecular complexity index is 201. The van der Waals surface area contributed by atoms with E-state index in [1.165, 1.54) is 18.4 Å². The first kappa shape index (κ1) is 8.12. The van der Waals surface area contributed by atoms with Crippen molar-refractivity contribution in [1.29, 1.82) is 0 Å². The van der Waals surface area contributed by atoms with Gasteiger partial charge in [-0.3, -0.25) is 0 Å². The number of aromatic hydroxyl groups is 1. The third-order valence-corrected chi connectivity index (χ3v) is 1.68. The largest absolute Gasteiger partial charge is 0.507 e. The monoisotopic (exact) mass is 149 g/mol. The summed E-state index contributed by atoms with van der Waals surface area (Å²) < 4.78 is 0. The molecule has 0 amide bonds.